The SMILES string of the molecule is CCCCC1(CCCCCCCCCCCCC(=O)OCC(COP(=O)(O)OCC[N+](C)(C)C)OC(=O)CCCCCCCCCCCCC2(CCCC)N=N2)N=N1. The van der Waals surface area contributed by atoms with Gasteiger partial charge in [-0.1, -0.05) is 129 Å². The molecule has 0 aromatic carbocycles. The fourth-order valence-electron chi connectivity index (χ4n) is 7.16. The van der Waals surface area contributed by atoms with E-state index in [9.17, 15) is 19.0 Å². The molecular formula is C44H85N5O8P+. The molecule has 1 N–H and O–H groups in total. The van der Waals surface area contributed by atoms with Crippen LogP contribution in [0.4, 0.5) is 0 Å². The molecule has 0 fully saturated rings. The Labute approximate surface area is 352 Å². The van der Waals surface area contributed by atoms with Crippen molar-refractivity contribution in [2.75, 3.05) is 47.5 Å². The summed E-state index contributed by atoms with van der Waals surface area (Å²) in [5, 5.41) is 17.2. The summed E-state index contributed by atoms with van der Waals surface area (Å²) in [7, 11) is 1.46. The molecule has 14 heteroatoms. The number of hydrogen-bond donors (Lipinski definition) is 1. The number of hydrogen-bond acceptors (Lipinski definition) is 11. The van der Waals surface area contributed by atoms with E-state index in [4.69, 9.17) is 18.5 Å². The van der Waals surface area contributed by atoms with Gasteiger partial charge in [-0.25, -0.2) is 4.57 Å². The van der Waals surface area contributed by atoms with Crippen LogP contribution in [-0.2, 0) is 32.7 Å². The maximum atomic E-state index is 12.7. The van der Waals surface area contributed by atoms with E-state index < -0.39 is 26.5 Å². The number of phosphoric ester groups is 1. The van der Waals surface area contributed by atoms with Crippen molar-refractivity contribution in [3.63, 3.8) is 0 Å². The van der Waals surface area contributed by atoms with Crippen LogP contribution in [0, 0.1) is 0 Å². The molecule has 58 heavy (non-hydrogen) atoms. The quantitative estimate of drug-likeness (QED) is 0.0275. The summed E-state index contributed by atoms with van der Waals surface area (Å²) in [6, 6.07) is 0. The minimum atomic E-state index is -4.38. The van der Waals surface area contributed by atoms with Gasteiger partial charge in [0, 0.05) is 12.8 Å². The first-order valence-corrected chi connectivity index (χ1v) is 25.0. The van der Waals surface area contributed by atoms with E-state index in [1.54, 1.807) is 0 Å². The van der Waals surface area contributed by atoms with Crippen LogP contribution in [0.2, 0.25) is 0 Å². The molecule has 13 nitrogen and oxygen atoms in total. The lowest BCUT2D eigenvalue weighted by molar-refractivity contribution is -0.870. The van der Waals surface area contributed by atoms with Gasteiger partial charge < -0.3 is 18.9 Å². The molecule has 0 spiro atoms. The second-order valence-corrected chi connectivity index (χ2v) is 19.5. The number of esters is 2. The number of nitrogens with zero attached hydrogens (tertiary/aromatic N) is 5. The number of carbonyl (C=O) groups excluding carboxylic acids is 2. The Bertz CT molecular complexity index is 1200. The first-order valence-electron chi connectivity index (χ1n) is 23.5. The van der Waals surface area contributed by atoms with Gasteiger partial charge in [0.25, 0.3) is 0 Å². The summed E-state index contributed by atoms with van der Waals surface area (Å²) in [4.78, 5) is 35.5. The highest BCUT2D eigenvalue weighted by molar-refractivity contribution is 7.47. The smallest absolute Gasteiger partial charge is 0.462 e. The molecule has 0 saturated carbocycles. The number of carbonyl (C=O) groups is 2. The maximum absolute atomic E-state index is 12.7. The number of ether oxygens (including phenoxy) is 2. The minimum Gasteiger partial charge on any atom is -0.462 e. The van der Waals surface area contributed by atoms with E-state index >= 15 is 0 Å². The number of quaternary nitrogens is 1. The fourth-order valence-corrected chi connectivity index (χ4v) is 7.90. The van der Waals surface area contributed by atoms with Gasteiger partial charge in [0.1, 0.15) is 19.8 Å². The summed E-state index contributed by atoms with van der Waals surface area (Å²) in [6.45, 7) is 4.31. The first kappa shape index (κ1) is 52.3. The Morgan fingerprint density at radius 1 is 0.552 bits per heavy atom. The Hall–Kier alpha value is -1.79. The van der Waals surface area contributed by atoms with Crippen LogP contribution in [0.1, 0.15) is 206 Å². The maximum Gasteiger partial charge on any atom is 0.472 e. The summed E-state index contributed by atoms with van der Waals surface area (Å²) in [5.41, 5.74) is -0.0324. The summed E-state index contributed by atoms with van der Waals surface area (Å²) >= 11 is 0. The molecule has 0 saturated heterocycles. The zero-order valence-corrected chi connectivity index (χ0v) is 38.5. The van der Waals surface area contributed by atoms with Crippen molar-refractivity contribution >= 4 is 19.8 Å². The lowest BCUT2D eigenvalue weighted by atomic mass is 9.98. The average Bonchev–Trinajstić information content (AvgIpc) is 4.12. The molecule has 2 atom stereocenters. The highest BCUT2D eigenvalue weighted by Gasteiger charge is 2.38. The van der Waals surface area contributed by atoms with Crippen molar-refractivity contribution in [1.29, 1.82) is 0 Å². The van der Waals surface area contributed by atoms with Crippen molar-refractivity contribution in [2.45, 2.75) is 224 Å². The van der Waals surface area contributed by atoms with Crippen LogP contribution in [0.15, 0.2) is 20.5 Å². The molecule has 0 aliphatic carbocycles. The third-order valence-corrected chi connectivity index (χ3v) is 12.2. The Morgan fingerprint density at radius 2 is 0.931 bits per heavy atom. The second kappa shape index (κ2) is 30.3. The van der Waals surface area contributed by atoms with E-state index in [-0.39, 0.29) is 43.4 Å². The molecular weight excluding hydrogens is 757 g/mol. The summed E-state index contributed by atoms with van der Waals surface area (Å²) < 4.78 is 34.4. The number of unbranched alkanes of at least 4 members (excludes halogenated alkanes) is 20. The topological polar surface area (TPSA) is 158 Å². The van der Waals surface area contributed by atoms with Gasteiger partial charge >= 0.3 is 19.8 Å². The van der Waals surface area contributed by atoms with Crippen LogP contribution in [0.3, 0.4) is 0 Å². The van der Waals surface area contributed by atoms with E-state index in [1.807, 2.05) is 21.1 Å². The molecule has 338 valence electrons. The zero-order chi connectivity index (χ0) is 42.4. The number of phosphoric acid groups is 1. The van der Waals surface area contributed by atoms with Crippen LogP contribution in [0.5, 0.6) is 0 Å². The molecule has 0 radical (unpaired) electrons. The largest absolute Gasteiger partial charge is 0.472 e. The second-order valence-electron chi connectivity index (χ2n) is 18.0. The van der Waals surface area contributed by atoms with E-state index in [0.717, 1.165) is 70.6 Å². The molecule has 0 aromatic rings. The van der Waals surface area contributed by atoms with Crippen LogP contribution in [-0.4, -0.2) is 86.3 Å². The Balaban J connectivity index is 1.55. The van der Waals surface area contributed by atoms with Crippen molar-refractivity contribution in [3.05, 3.63) is 0 Å². The van der Waals surface area contributed by atoms with Crippen molar-refractivity contribution < 1.29 is 42.1 Å². The molecule has 2 heterocycles. The van der Waals surface area contributed by atoms with Crippen LogP contribution < -0.4 is 0 Å². The molecule has 0 amide bonds. The van der Waals surface area contributed by atoms with Crippen molar-refractivity contribution in [1.82, 2.24) is 0 Å². The van der Waals surface area contributed by atoms with Gasteiger partial charge in [-0.15, -0.1) is 0 Å². The predicted molar refractivity (Wildman–Crippen MR) is 230 cm³/mol. The Kier molecular flexibility index (Phi) is 27.3. The molecule has 2 aliphatic rings. The monoisotopic (exact) mass is 843 g/mol. The van der Waals surface area contributed by atoms with E-state index in [2.05, 4.69) is 34.3 Å². The zero-order valence-electron chi connectivity index (χ0n) is 37.6. The summed E-state index contributed by atoms with van der Waals surface area (Å²) in [5.74, 6) is -0.816. The third-order valence-electron chi connectivity index (χ3n) is 11.2. The van der Waals surface area contributed by atoms with Gasteiger partial charge in [0.15, 0.2) is 17.4 Å². The fraction of sp³-hybridized carbons (Fsp3) is 0.955. The molecule has 0 aromatic heterocycles. The molecule has 2 aliphatic heterocycles. The molecule has 0 bridgehead atoms. The highest BCUT2D eigenvalue weighted by Crippen LogP contribution is 2.43. The van der Waals surface area contributed by atoms with Crippen molar-refractivity contribution in [2.24, 2.45) is 20.5 Å². The molecule has 2 rings (SSSR count). The average molecular weight is 843 g/mol. The summed E-state index contributed by atoms with van der Waals surface area (Å²) in [6.07, 6.45) is 31.4. The van der Waals surface area contributed by atoms with Crippen LogP contribution in [0.25, 0.3) is 0 Å². The third kappa shape index (κ3) is 28.6. The predicted octanol–water partition coefficient (Wildman–Crippen LogP) is 12.3. The molecule has 2 unspecified atom stereocenters. The normalized spacial score (nSPS) is 16.6. The number of rotatable bonds is 42. The standard InChI is InChI=1S/C44H84N5O8P/c1-6-8-32-43(45-46-43)34-28-24-20-16-12-10-14-18-22-26-30-41(50)54-38-40(39-56-58(52,53)55-37-36-49(3,4)5)57-42(51)31-27-23-19-15-11-13-17-21-25-29-35-44(47-48-44)33-9-7-2/h40H,6-39H2,1-5H3/p+1. The van der Waals surface area contributed by atoms with Crippen molar-refractivity contribution in [3.8, 4) is 0 Å². The lowest BCUT2D eigenvalue weighted by Gasteiger charge is -2.24. The van der Waals surface area contributed by atoms with E-state index in [0.29, 0.717) is 17.4 Å². The van der Waals surface area contributed by atoms with Crippen LogP contribution >= 0.6 is 7.82 Å². The van der Waals surface area contributed by atoms with Gasteiger partial charge in [-0.2, -0.15) is 20.5 Å². The minimum absolute atomic E-state index is 0.0142. The van der Waals surface area contributed by atoms with Gasteiger partial charge in [-0.3, -0.25) is 18.6 Å². The van der Waals surface area contributed by atoms with E-state index in [1.165, 1.54) is 103 Å². The highest BCUT2D eigenvalue weighted by atomic mass is 31.2. The first-order chi connectivity index (χ1) is 27.8. The number of likely N-dealkylation sites (N-methyl/N-ethyl adjacent to an activating group) is 1. The van der Waals surface area contributed by atoms with Gasteiger partial charge in [-0.05, 0) is 64.2 Å². The Morgan fingerprint density at radius 3 is 1.33 bits per heavy atom. The van der Waals surface area contributed by atoms with Gasteiger partial charge in [0.05, 0.1) is 27.7 Å². The van der Waals surface area contributed by atoms with Gasteiger partial charge in [0.2, 0.25) is 0 Å². The lowest BCUT2D eigenvalue weighted by Crippen LogP contribution is -2.37.